The average molecular weight is 377 g/mol. The van der Waals surface area contributed by atoms with Crippen LogP contribution in [0.25, 0.3) is 5.78 Å². The standard InChI is InChI=1S/C22H28N6/c1-3-17-11-21(28-22(25-17)23-15-24-28)26(2)20-12-18-9-10-19(13-20)27(18)14-16-7-5-4-6-8-16/h4-8,11,15,18-20H,3,9-10,12-14H2,1-2H3. The Bertz CT molecular complexity index is 938. The molecule has 2 saturated heterocycles. The predicted molar refractivity (Wildman–Crippen MR) is 110 cm³/mol. The molecule has 0 spiro atoms. The van der Waals surface area contributed by atoms with Crippen LogP contribution in [0.5, 0.6) is 0 Å². The molecule has 2 aliphatic rings. The first-order chi connectivity index (χ1) is 13.7. The molecule has 2 bridgehead atoms. The molecule has 4 heterocycles. The van der Waals surface area contributed by atoms with Gasteiger partial charge in [0.2, 0.25) is 0 Å². The van der Waals surface area contributed by atoms with Crippen LogP contribution in [0.2, 0.25) is 0 Å². The molecule has 6 heteroatoms. The fraction of sp³-hybridized carbons (Fsp3) is 0.500. The molecule has 1 aromatic carbocycles. The second-order valence-electron chi connectivity index (χ2n) is 8.21. The molecule has 6 nitrogen and oxygen atoms in total. The summed E-state index contributed by atoms with van der Waals surface area (Å²) >= 11 is 0. The Kier molecular flexibility index (Phi) is 4.51. The molecule has 0 aliphatic carbocycles. The summed E-state index contributed by atoms with van der Waals surface area (Å²) in [4.78, 5) is 14.1. The van der Waals surface area contributed by atoms with Crippen molar-refractivity contribution in [2.75, 3.05) is 11.9 Å². The van der Waals surface area contributed by atoms with Crippen molar-refractivity contribution in [3.05, 3.63) is 54.0 Å². The van der Waals surface area contributed by atoms with Gasteiger partial charge in [-0.1, -0.05) is 37.3 Å². The van der Waals surface area contributed by atoms with Gasteiger partial charge in [0.05, 0.1) is 0 Å². The van der Waals surface area contributed by atoms with E-state index in [4.69, 9.17) is 0 Å². The third-order valence-corrected chi connectivity index (χ3v) is 6.62. The van der Waals surface area contributed by atoms with Gasteiger partial charge in [0.25, 0.3) is 5.78 Å². The van der Waals surface area contributed by atoms with Crippen LogP contribution in [0, 0.1) is 0 Å². The number of nitrogens with zero attached hydrogens (tertiary/aromatic N) is 6. The quantitative estimate of drug-likeness (QED) is 0.684. The molecule has 3 aromatic rings. The molecule has 2 aliphatic heterocycles. The second kappa shape index (κ2) is 7.17. The number of hydrogen-bond donors (Lipinski definition) is 0. The molecule has 146 valence electrons. The Morgan fingerprint density at radius 3 is 2.57 bits per heavy atom. The van der Waals surface area contributed by atoms with Crippen LogP contribution in [-0.4, -0.2) is 49.7 Å². The van der Waals surface area contributed by atoms with Gasteiger partial charge in [-0.25, -0.2) is 4.98 Å². The SMILES string of the molecule is CCc1cc(N(C)C2CC3CCC(C2)N3Cc2ccccc2)n2ncnc2n1. The van der Waals surface area contributed by atoms with Gasteiger partial charge >= 0.3 is 0 Å². The molecule has 2 aromatic heterocycles. The molecule has 0 N–H and O–H groups in total. The summed E-state index contributed by atoms with van der Waals surface area (Å²) in [6.45, 7) is 3.22. The van der Waals surface area contributed by atoms with E-state index in [2.05, 4.69) is 75.2 Å². The van der Waals surface area contributed by atoms with Gasteiger partial charge in [-0.05, 0) is 37.7 Å². The molecule has 2 fully saturated rings. The van der Waals surface area contributed by atoms with Crippen LogP contribution in [0.15, 0.2) is 42.7 Å². The maximum atomic E-state index is 4.60. The van der Waals surface area contributed by atoms with Gasteiger partial charge in [-0.15, -0.1) is 0 Å². The number of rotatable bonds is 5. The first-order valence-electron chi connectivity index (χ1n) is 10.4. The fourth-order valence-electron chi connectivity index (χ4n) is 5.08. The molecular weight excluding hydrogens is 348 g/mol. The Hall–Kier alpha value is -2.47. The summed E-state index contributed by atoms with van der Waals surface area (Å²) in [7, 11) is 2.22. The summed E-state index contributed by atoms with van der Waals surface area (Å²) < 4.78 is 1.89. The van der Waals surface area contributed by atoms with Crippen molar-refractivity contribution >= 4 is 11.6 Å². The smallest absolute Gasteiger partial charge is 0.254 e. The highest BCUT2D eigenvalue weighted by Crippen LogP contribution is 2.39. The van der Waals surface area contributed by atoms with Gasteiger partial charge in [-0.3, -0.25) is 4.90 Å². The maximum absolute atomic E-state index is 4.60. The van der Waals surface area contributed by atoms with Crippen molar-refractivity contribution in [2.24, 2.45) is 0 Å². The van der Waals surface area contributed by atoms with Crippen molar-refractivity contribution in [1.29, 1.82) is 0 Å². The van der Waals surface area contributed by atoms with Gasteiger partial charge < -0.3 is 4.90 Å². The van der Waals surface area contributed by atoms with Crippen molar-refractivity contribution in [3.63, 3.8) is 0 Å². The monoisotopic (exact) mass is 376 g/mol. The lowest BCUT2D eigenvalue weighted by atomic mass is 9.95. The van der Waals surface area contributed by atoms with E-state index < -0.39 is 0 Å². The zero-order valence-corrected chi connectivity index (χ0v) is 16.7. The predicted octanol–water partition coefficient (Wildman–Crippen LogP) is 3.32. The van der Waals surface area contributed by atoms with E-state index in [9.17, 15) is 0 Å². The summed E-state index contributed by atoms with van der Waals surface area (Å²) in [5.41, 5.74) is 2.50. The van der Waals surface area contributed by atoms with Gasteiger partial charge in [0.1, 0.15) is 12.1 Å². The highest BCUT2D eigenvalue weighted by atomic mass is 15.4. The second-order valence-corrected chi connectivity index (χ2v) is 8.21. The molecule has 5 rings (SSSR count). The Balaban J connectivity index is 1.37. The average Bonchev–Trinajstić information content (AvgIpc) is 3.28. The van der Waals surface area contributed by atoms with Crippen LogP contribution in [0.3, 0.4) is 0 Å². The van der Waals surface area contributed by atoms with Crippen molar-refractivity contribution in [1.82, 2.24) is 24.5 Å². The lowest BCUT2D eigenvalue weighted by Gasteiger charge is -2.42. The normalized spacial score (nSPS) is 24.7. The molecular formula is C22H28N6. The molecule has 2 unspecified atom stereocenters. The summed E-state index contributed by atoms with van der Waals surface area (Å²) in [6.07, 6.45) is 7.56. The minimum absolute atomic E-state index is 0.532. The van der Waals surface area contributed by atoms with Gasteiger partial charge in [0, 0.05) is 43.5 Å². The highest BCUT2D eigenvalue weighted by Gasteiger charge is 2.42. The Morgan fingerprint density at radius 1 is 1.11 bits per heavy atom. The Morgan fingerprint density at radius 2 is 1.86 bits per heavy atom. The maximum Gasteiger partial charge on any atom is 0.254 e. The van der Waals surface area contributed by atoms with Crippen LogP contribution < -0.4 is 4.90 Å². The van der Waals surface area contributed by atoms with Crippen LogP contribution in [-0.2, 0) is 13.0 Å². The van der Waals surface area contributed by atoms with Crippen molar-refractivity contribution in [2.45, 2.75) is 63.7 Å². The van der Waals surface area contributed by atoms with Crippen molar-refractivity contribution in [3.8, 4) is 0 Å². The van der Waals surface area contributed by atoms with E-state index in [1.54, 1.807) is 6.33 Å². The number of aryl methyl sites for hydroxylation is 1. The molecule has 0 radical (unpaired) electrons. The first kappa shape index (κ1) is 17.6. The molecule has 0 amide bonds. The van der Waals surface area contributed by atoms with E-state index in [1.807, 2.05) is 4.52 Å². The third kappa shape index (κ3) is 3.05. The largest absolute Gasteiger partial charge is 0.356 e. The summed E-state index contributed by atoms with van der Waals surface area (Å²) in [6, 6.07) is 15.0. The van der Waals surface area contributed by atoms with E-state index >= 15 is 0 Å². The zero-order valence-electron chi connectivity index (χ0n) is 16.7. The number of aromatic nitrogens is 4. The minimum atomic E-state index is 0.532. The summed E-state index contributed by atoms with van der Waals surface area (Å²) in [5.74, 6) is 1.81. The minimum Gasteiger partial charge on any atom is -0.356 e. The number of piperidine rings is 1. The van der Waals surface area contributed by atoms with E-state index in [1.165, 1.54) is 31.2 Å². The molecule has 28 heavy (non-hydrogen) atoms. The lowest BCUT2D eigenvalue weighted by molar-refractivity contribution is 0.118. The number of anilines is 1. The number of hydrogen-bond acceptors (Lipinski definition) is 5. The number of fused-ring (bicyclic) bond motifs is 3. The zero-order chi connectivity index (χ0) is 19.1. The summed E-state index contributed by atoms with van der Waals surface area (Å²) in [5, 5.41) is 4.43. The van der Waals surface area contributed by atoms with Crippen LogP contribution >= 0.6 is 0 Å². The third-order valence-electron chi connectivity index (χ3n) is 6.62. The number of benzene rings is 1. The van der Waals surface area contributed by atoms with E-state index in [-0.39, 0.29) is 0 Å². The van der Waals surface area contributed by atoms with Crippen LogP contribution in [0.4, 0.5) is 5.82 Å². The topological polar surface area (TPSA) is 49.6 Å². The van der Waals surface area contributed by atoms with Crippen LogP contribution in [0.1, 0.15) is 43.9 Å². The fourth-order valence-corrected chi connectivity index (χ4v) is 5.08. The van der Waals surface area contributed by atoms with E-state index in [0.29, 0.717) is 23.9 Å². The first-order valence-corrected chi connectivity index (χ1v) is 10.4. The molecule has 0 saturated carbocycles. The van der Waals surface area contributed by atoms with Crippen molar-refractivity contribution < 1.29 is 0 Å². The van der Waals surface area contributed by atoms with Gasteiger partial charge in [0.15, 0.2) is 0 Å². The van der Waals surface area contributed by atoms with Gasteiger partial charge in [-0.2, -0.15) is 14.6 Å². The lowest BCUT2D eigenvalue weighted by Crippen LogP contribution is -2.49. The van der Waals surface area contributed by atoms with E-state index in [0.717, 1.165) is 24.5 Å². The Labute approximate surface area is 166 Å². The molecule has 2 atom stereocenters. The highest BCUT2D eigenvalue weighted by molar-refractivity contribution is 5.48.